The molecule has 1 unspecified atom stereocenters. The van der Waals surface area contributed by atoms with Crippen LogP contribution < -0.4 is 16.2 Å². The molecule has 0 saturated heterocycles. The van der Waals surface area contributed by atoms with Crippen molar-refractivity contribution in [2.24, 2.45) is 5.84 Å². The number of hydrogen-bond acceptors (Lipinski definition) is 4. The summed E-state index contributed by atoms with van der Waals surface area (Å²) in [5.74, 6) is 5.72. The van der Waals surface area contributed by atoms with Crippen molar-refractivity contribution in [2.45, 2.75) is 19.4 Å². The molecule has 3 N–H and O–H groups in total. The Labute approximate surface area is 117 Å². The van der Waals surface area contributed by atoms with Gasteiger partial charge in [0.1, 0.15) is 11.5 Å². The van der Waals surface area contributed by atoms with Gasteiger partial charge in [-0.2, -0.15) is 0 Å². The SMILES string of the molecule is CC1Cc2ccccc2N1C(=O)c1cccc(NN)n1. The third-order valence-electron chi connectivity index (χ3n) is 3.54. The van der Waals surface area contributed by atoms with Crippen LogP contribution in [0, 0.1) is 0 Å². The van der Waals surface area contributed by atoms with Gasteiger partial charge >= 0.3 is 0 Å². The van der Waals surface area contributed by atoms with Crippen molar-refractivity contribution in [3.05, 3.63) is 53.7 Å². The second kappa shape index (κ2) is 4.94. The first-order valence-corrected chi connectivity index (χ1v) is 6.56. The van der Waals surface area contributed by atoms with Crippen molar-refractivity contribution in [1.82, 2.24) is 4.98 Å². The third kappa shape index (κ3) is 2.02. The molecule has 0 spiro atoms. The number of nitrogen functional groups attached to an aromatic ring is 1. The molecule has 5 nitrogen and oxygen atoms in total. The summed E-state index contributed by atoms with van der Waals surface area (Å²) in [4.78, 5) is 18.7. The second-order valence-corrected chi connectivity index (χ2v) is 4.91. The Morgan fingerprint density at radius 1 is 1.30 bits per heavy atom. The zero-order valence-electron chi connectivity index (χ0n) is 11.2. The van der Waals surface area contributed by atoms with E-state index < -0.39 is 0 Å². The molecular formula is C15H16N4O. The van der Waals surface area contributed by atoms with Gasteiger partial charge in [-0.1, -0.05) is 24.3 Å². The molecule has 2 aromatic rings. The molecule has 0 aliphatic carbocycles. The normalized spacial score (nSPS) is 16.9. The Balaban J connectivity index is 1.98. The largest absolute Gasteiger partial charge is 0.308 e. The third-order valence-corrected chi connectivity index (χ3v) is 3.54. The Morgan fingerprint density at radius 3 is 2.90 bits per heavy atom. The molecular weight excluding hydrogens is 252 g/mol. The average Bonchev–Trinajstić information content (AvgIpc) is 2.82. The fourth-order valence-electron chi connectivity index (χ4n) is 2.63. The van der Waals surface area contributed by atoms with Crippen LogP contribution in [0.3, 0.4) is 0 Å². The maximum Gasteiger partial charge on any atom is 0.277 e. The van der Waals surface area contributed by atoms with Crippen LogP contribution in [0.25, 0.3) is 0 Å². The van der Waals surface area contributed by atoms with Crippen molar-refractivity contribution in [2.75, 3.05) is 10.3 Å². The van der Waals surface area contributed by atoms with E-state index in [1.165, 1.54) is 5.56 Å². The lowest BCUT2D eigenvalue weighted by Crippen LogP contribution is -2.36. The summed E-state index contributed by atoms with van der Waals surface area (Å²) in [5.41, 5.74) is 5.02. The number of benzene rings is 1. The number of nitrogens with zero attached hydrogens (tertiary/aromatic N) is 2. The Hall–Kier alpha value is -2.40. The summed E-state index contributed by atoms with van der Waals surface area (Å²) in [6.07, 6.45) is 0.872. The number of nitrogens with two attached hydrogens (primary N) is 1. The second-order valence-electron chi connectivity index (χ2n) is 4.91. The quantitative estimate of drug-likeness (QED) is 0.645. The zero-order valence-corrected chi connectivity index (χ0v) is 11.2. The molecule has 1 aromatic carbocycles. The van der Waals surface area contributed by atoms with Crippen molar-refractivity contribution in [3.63, 3.8) is 0 Å². The van der Waals surface area contributed by atoms with Crippen LogP contribution in [0.5, 0.6) is 0 Å². The topological polar surface area (TPSA) is 71.2 Å². The molecule has 5 heteroatoms. The lowest BCUT2D eigenvalue weighted by molar-refractivity contribution is 0.0977. The van der Waals surface area contributed by atoms with Crippen LogP contribution >= 0.6 is 0 Å². The molecule has 1 aliphatic rings. The number of amides is 1. The van der Waals surface area contributed by atoms with Gasteiger partial charge in [-0.05, 0) is 37.1 Å². The molecule has 0 fully saturated rings. The van der Waals surface area contributed by atoms with E-state index in [-0.39, 0.29) is 11.9 Å². The van der Waals surface area contributed by atoms with Gasteiger partial charge in [0, 0.05) is 11.7 Å². The highest BCUT2D eigenvalue weighted by Crippen LogP contribution is 2.32. The van der Waals surface area contributed by atoms with Crippen LogP contribution in [-0.4, -0.2) is 16.9 Å². The first kappa shape index (κ1) is 12.6. The number of carbonyl (C=O) groups is 1. The lowest BCUT2D eigenvalue weighted by atomic mass is 10.1. The molecule has 1 atom stereocenters. The summed E-state index contributed by atoms with van der Waals surface area (Å²) in [7, 11) is 0. The maximum atomic E-state index is 12.7. The number of rotatable bonds is 2. The first-order valence-electron chi connectivity index (χ1n) is 6.56. The van der Waals surface area contributed by atoms with Crippen LogP contribution in [-0.2, 0) is 6.42 Å². The number of hydrazine groups is 1. The van der Waals surface area contributed by atoms with Crippen molar-refractivity contribution < 1.29 is 4.79 Å². The molecule has 0 bridgehead atoms. The summed E-state index contributed by atoms with van der Waals surface area (Å²) in [6.45, 7) is 2.04. The number of hydrogen-bond donors (Lipinski definition) is 2. The molecule has 20 heavy (non-hydrogen) atoms. The van der Waals surface area contributed by atoms with Gasteiger partial charge in [-0.15, -0.1) is 0 Å². The summed E-state index contributed by atoms with van der Waals surface area (Å²) in [6, 6.07) is 13.3. The minimum absolute atomic E-state index is 0.0976. The fourth-order valence-corrected chi connectivity index (χ4v) is 2.63. The molecule has 1 aromatic heterocycles. The summed E-state index contributed by atoms with van der Waals surface area (Å²) >= 11 is 0. The number of pyridine rings is 1. The minimum atomic E-state index is -0.0976. The number of anilines is 2. The van der Waals surface area contributed by atoms with Crippen molar-refractivity contribution in [1.29, 1.82) is 0 Å². The number of aromatic nitrogens is 1. The maximum absolute atomic E-state index is 12.7. The average molecular weight is 268 g/mol. The predicted octanol–water partition coefficient (Wildman–Crippen LogP) is 1.96. The summed E-state index contributed by atoms with van der Waals surface area (Å²) < 4.78 is 0. The first-order chi connectivity index (χ1) is 9.70. The molecule has 1 aliphatic heterocycles. The molecule has 0 saturated carbocycles. The molecule has 2 heterocycles. The van der Waals surface area contributed by atoms with Gasteiger partial charge in [0.05, 0.1) is 0 Å². The van der Waals surface area contributed by atoms with Gasteiger partial charge < -0.3 is 10.3 Å². The fraction of sp³-hybridized carbons (Fsp3) is 0.200. The van der Waals surface area contributed by atoms with Crippen LogP contribution in [0.15, 0.2) is 42.5 Å². The molecule has 102 valence electrons. The number of carbonyl (C=O) groups excluding carboxylic acids is 1. The minimum Gasteiger partial charge on any atom is -0.308 e. The van der Waals surface area contributed by atoms with E-state index in [9.17, 15) is 4.79 Å². The van der Waals surface area contributed by atoms with Gasteiger partial charge in [0.25, 0.3) is 5.91 Å². The van der Waals surface area contributed by atoms with Gasteiger partial charge in [-0.3, -0.25) is 4.79 Å². The van der Waals surface area contributed by atoms with E-state index in [1.807, 2.05) is 25.1 Å². The number of para-hydroxylation sites is 1. The van der Waals surface area contributed by atoms with Gasteiger partial charge in [-0.25, -0.2) is 10.8 Å². The van der Waals surface area contributed by atoms with Crippen LogP contribution in [0.2, 0.25) is 0 Å². The molecule has 0 radical (unpaired) electrons. The summed E-state index contributed by atoms with van der Waals surface area (Å²) in [5, 5.41) is 0. The van der Waals surface area contributed by atoms with Crippen LogP contribution in [0.4, 0.5) is 11.5 Å². The van der Waals surface area contributed by atoms with Crippen LogP contribution in [0.1, 0.15) is 23.0 Å². The van der Waals surface area contributed by atoms with E-state index in [0.29, 0.717) is 11.5 Å². The molecule has 1 amide bonds. The smallest absolute Gasteiger partial charge is 0.277 e. The standard InChI is InChI=1S/C15H16N4O/c1-10-9-11-5-2-3-7-13(11)19(10)15(20)12-6-4-8-14(17-12)18-16/h2-8,10H,9,16H2,1H3,(H,17,18). The van der Waals surface area contributed by atoms with E-state index in [4.69, 9.17) is 5.84 Å². The molecule has 3 rings (SSSR count). The Kier molecular flexibility index (Phi) is 3.12. The number of fused-ring (bicyclic) bond motifs is 1. The predicted molar refractivity (Wildman–Crippen MR) is 78.5 cm³/mol. The number of nitrogens with one attached hydrogen (secondary N) is 1. The Bertz CT molecular complexity index is 656. The van der Waals surface area contributed by atoms with Crippen molar-refractivity contribution in [3.8, 4) is 0 Å². The zero-order chi connectivity index (χ0) is 14.1. The lowest BCUT2D eigenvalue weighted by Gasteiger charge is -2.22. The van der Waals surface area contributed by atoms with E-state index in [2.05, 4.69) is 16.5 Å². The van der Waals surface area contributed by atoms with E-state index in [0.717, 1.165) is 12.1 Å². The van der Waals surface area contributed by atoms with Crippen molar-refractivity contribution >= 4 is 17.4 Å². The monoisotopic (exact) mass is 268 g/mol. The van der Waals surface area contributed by atoms with Gasteiger partial charge in [0.2, 0.25) is 0 Å². The van der Waals surface area contributed by atoms with E-state index >= 15 is 0 Å². The highest BCUT2D eigenvalue weighted by molar-refractivity contribution is 6.06. The highest BCUT2D eigenvalue weighted by Gasteiger charge is 2.31. The van der Waals surface area contributed by atoms with Gasteiger partial charge in [0.15, 0.2) is 0 Å². The Morgan fingerprint density at radius 2 is 2.10 bits per heavy atom. The highest BCUT2D eigenvalue weighted by atomic mass is 16.2. The van der Waals surface area contributed by atoms with E-state index in [1.54, 1.807) is 23.1 Å².